The minimum absolute atomic E-state index is 0.0632. The lowest BCUT2D eigenvalue weighted by atomic mass is 10.1. The minimum atomic E-state index is -0.601. The van der Waals surface area contributed by atoms with E-state index in [2.05, 4.69) is 0 Å². The van der Waals surface area contributed by atoms with Gasteiger partial charge in [0.15, 0.2) is 11.5 Å². The summed E-state index contributed by atoms with van der Waals surface area (Å²) in [4.78, 5) is 39.0. The van der Waals surface area contributed by atoms with E-state index >= 15 is 0 Å². The van der Waals surface area contributed by atoms with Crippen molar-refractivity contribution in [2.24, 2.45) is 0 Å². The number of hydrogen-bond acceptors (Lipinski definition) is 6. The van der Waals surface area contributed by atoms with Gasteiger partial charge in [0.05, 0.1) is 23.6 Å². The highest BCUT2D eigenvalue weighted by Gasteiger charge is 2.36. The Bertz CT molecular complexity index is 1360. The first kappa shape index (κ1) is 25.8. The van der Waals surface area contributed by atoms with Crippen LogP contribution in [0, 0.1) is 5.82 Å². The molecule has 0 aliphatic carbocycles. The van der Waals surface area contributed by atoms with Crippen molar-refractivity contribution in [2.75, 3.05) is 6.61 Å². The van der Waals surface area contributed by atoms with E-state index in [1.165, 1.54) is 30.3 Å². The largest absolute Gasteiger partial charge is 0.490 e. The molecule has 1 fully saturated rings. The number of nitrogens with zero attached hydrogens (tertiary/aromatic N) is 1. The zero-order valence-corrected chi connectivity index (χ0v) is 21.1. The first-order valence-corrected chi connectivity index (χ1v) is 12.3. The molecule has 0 bridgehead atoms. The summed E-state index contributed by atoms with van der Waals surface area (Å²) in [5.74, 6) is -1.29. The van der Waals surface area contributed by atoms with Crippen LogP contribution in [0.4, 0.5) is 9.18 Å². The van der Waals surface area contributed by atoms with Gasteiger partial charge in [0.1, 0.15) is 5.82 Å². The van der Waals surface area contributed by atoms with Gasteiger partial charge in [-0.25, -0.2) is 9.18 Å². The Balaban J connectivity index is 1.55. The Hall–Kier alpha value is -3.33. The molecule has 1 heterocycles. The van der Waals surface area contributed by atoms with Gasteiger partial charge in [-0.05, 0) is 78.9 Å². The fraction of sp³-hybridized carbons (Fsp3) is 0.115. The summed E-state index contributed by atoms with van der Waals surface area (Å²) in [5, 5.41) is 0.0829. The average Bonchev–Trinajstić information content (AvgIpc) is 3.10. The van der Waals surface area contributed by atoms with E-state index in [-0.39, 0.29) is 33.5 Å². The van der Waals surface area contributed by atoms with Crippen LogP contribution in [0.5, 0.6) is 11.5 Å². The number of benzene rings is 3. The van der Waals surface area contributed by atoms with Gasteiger partial charge in [-0.15, -0.1) is 0 Å². The molecule has 6 nitrogen and oxygen atoms in total. The van der Waals surface area contributed by atoms with Crippen LogP contribution < -0.4 is 9.47 Å². The summed E-state index contributed by atoms with van der Waals surface area (Å²) in [5.41, 5.74) is 0.918. The third-order valence-electron chi connectivity index (χ3n) is 5.10. The van der Waals surface area contributed by atoms with Crippen LogP contribution in [-0.2, 0) is 11.3 Å². The standard InChI is InChI=1S/C26H18Cl2FNO5S/c1-2-34-22-12-15(6-11-21(22)35-25(32)16-7-9-17(27)10-8-16)13-23-24(31)30(26(33)36-23)14-18-19(28)4-3-5-20(18)29/h3-13H,2,14H2,1H3/b23-13-. The van der Waals surface area contributed by atoms with Crippen molar-refractivity contribution in [3.63, 3.8) is 0 Å². The van der Waals surface area contributed by atoms with Crippen LogP contribution in [0.3, 0.4) is 0 Å². The van der Waals surface area contributed by atoms with Crippen molar-refractivity contribution in [2.45, 2.75) is 13.5 Å². The first-order chi connectivity index (χ1) is 17.3. The molecule has 4 rings (SSSR count). The molecule has 2 amide bonds. The van der Waals surface area contributed by atoms with Gasteiger partial charge in [0, 0.05) is 15.6 Å². The molecule has 184 valence electrons. The fourth-order valence-electron chi connectivity index (χ4n) is 3.34. The molecule has 0 saturated carbocycles. The van der Waals surface area contributed by atoms with E-state index in [0.29, 0.717) is 22.8 Å². The first-order valence-electron chi connectivity index (χ1n) is 10.7. The van der Waals surface area contributed by atoms with Crippen LogP contribution in [-0.4, -0.2) is 28.6 Å². The molecule has 0 spiro atoms. The summed E-state index contributed by atoms with van der Waals surface area (Å²) in [6.07, 6.45) is 1.52. The predicted molar refractivity (Wildman–Crippen MR) is 137 cm³/mol. The summed E-state index contributed by atoms with van der Waals surface area (Å²) in [6, 6.07) is 15.2. The molecule has 36 heavy (non-hydrogen) atoms. The molecule has 1 saturated heterocycles. The van der Waals surface area contributed by atoms with Crippen LogP contribution in [0.25, 0.3) is 6.08 Å². The summed E-state index contributed by atoms with van der Waals surface area (Å²) >= 11 is 12.6. The van der Waals surface area contributed by atoms with Gasteiger partial charge >= 0.3 is 5.97 Å². The minimum Gasteiger partial charge on any atom is -0.490 e. The predicted octanol–water partition coefficient (Wildman–Crippen LogP) is 6.99. The molecule has 1 aliphatic rings. The zero-order chi connectivity index (χ0) is 25.8. The third kappa shape index (κ3) is 5.73. The molecule has 1 aliphatic heterocycles. The second-order valence-corrected chi connectivity index (χ2v) is 9.34. The number of imide groups is 1. The average molecular weight is 546 g/mol. The lowest BCUT2D eigenvalue weighted by molar-refractivity contribution is -0.123. The molecule has 3 aromatic carbocycles. The lowest BCUT2D eigenvalue weighted by Gasteiger charge is -2.14. The molecular weight excluding hydrogens is 528 g/mol. The van der Waals surface area contributed by atoms with E-state index in [4.69, 9.17) is 32.7 Å². The number of halogens is 3. The number of esters is 1. The summed E-state index contributed by atoms with van der Waals surface area (Å²) in [7, 11) is 0. The Labute approximate surface area is 220 Å². The van der Waals surface area contributed by atoms with Gasteiger partial charge < -0.3 is 9.47 Å². The number of carbonyl (C=O) groups is 3. The molecule has 10 heteroatoms. The highest BCUT2D eigenvalue weighted by Crippen LogP contribution is 2.36. The molecule has 0 radical (unpaired) electrons. The number of thioether (sulfide) groups is 1. The molecule has 0 unspecified atom stereocenters. The van der Waals surface area contributed by atoms with E-state index in [1.54, 1.807) is 43.3 Å². The van der Waals surface area contributed by atoms with E-state index in [9.17, 15) is 18.8 Å². The Kier molecular flexibility index (Phi) is 7.98. The second kappa shape index (κ2) is 11.2. The topological polar surface area (TPSA) is 72.9 Å². The van der Waals surface area contributed by atoms with Crippen molar-refractivity contribution in [3.05, 3.63) is 98.1 Å². The van der Waals surface area contributed by atoms with E-state index in [1.807, 2.05) is 0 Å². The van der Waals surface area contributed by atoms with Gasteiger partial charge in [-0.3, -0.25) is 14.5 Å². The van der Waals surface area contributed by atoms with Gasteiger partial charge in [-0.2, -0.15) is 0 Å². The normalized spacial score (nSPS) is 14.4. The van der Waals surface area contributed by atoms with Gasteiger partial charge in [-0.1, -0.05) is 35.3 Å². The maximum Gasteiger partial charge on any atom is 0.343 e. The van der Waals surface area contributed by atoms with Crippen molar-refractivity contribution in [1.82, 2.24) is 4.90 Å². The Morgan fingerprint density at radius 2 is 1.81 bits per heavy atom. The van der Waals surface area contributed by atoms with Crippen LogP contribution in [0.1, 0.15) is 28.4 Å². The third-order valence-corrected chi connectivity index (χ3v) is 6.61. The Morgan fingerprint density at radius 1 is 1.06 bits per heavy atom. The Morgan fingerprint density at radius 3 is 2.50 bits per heavy atom. The number of amides is 2. The molecular formula is C26H18Cl2FNO5S. The number of ether oxygens (including phenoxy) is 2. The summed E-state index contributed by atoms with van der Waals surface area (Å²) in [6.45, 7) is 1.79. The maximum absolute atomic E-state index is 14.2. The van der Waals surface area contributed by atoms with Crippen LogP contribution >= 0.6 is 35.0 Å². The fourth-order valence-corrected chi connectivity index (χ4v) is 4.53. The quantitative estimate of drug-likeness (QED) is 0.181. The van der Waals surface area contributed by atoms with Gasteiger partial charge in [0.2, 0.25) is 0 Å². The number of carbonyl (C=O) groups excluding carboxylic acids is 3. The van der Waals surface area contributed by atoms with Crippen molar-refractivity contribution >= 4 is 58.2 Å². The molecule has 3 aromatic rings. The SMILES string of the molecule is CCOc1cc(/C=C2\SC(=O)N(Cc3c(F)cccc3Cl)C2=O)ccc1OC(=O)c1ccc(Cl)cc1. The van der Waals surface area contributed by atoms with E-state index < -0.39 is 22.9 Å². The van der Waals surface area contributed by atoms with Crippen molar-refractivity contribution in [3.8, 4) is 11.5 Å². The molecule has 0 atom stereocenters. The van der Waals surface area contributed by atoms with Crippen LogP contribution in [0.15, 0.2) is 65.6 Å². The van der Waals surface area contributed by atoms with E-state index in [0.717, 1.165) is 16.7 Å². The number of rotatable bonds is 7. The highest BCUT2D eigenvalue weighted by atomic mass is 35.5. The lowest BCUT2D eigenvalue weighted by Crippen LogP contribution is -2.28. The zero-order valence-electron chi connectivity index (χ0n) is 18.8. The van der Waals surface area contributed by atoms with Crippen molar-refractivity contribution < 1.29 is 28.2 Å². The number of hydrogen-bond donors (Lipinski definition) is 0. The summed E-state index contributed by atoms with van der Waals surface area (Å²) < 4.78 is 25.3. The second-order valence-electron chi connectivity index (χ2n) is 7.50. The van der Waals surface area contributed by atoms with Crippen molar-refractivity contribution in [1.29, 1.82) is 0 Å². The van der Waals surface area contributed by atoms with Crippen LogP contribution in [0.2, 0.25) is 10.0 Å². The monoisotopic (exact) mass is 545 g/mol. The smallest absolute Gasteiger partial charge is 0.343 e. The molecule has 0 aromatic heterocycles. The maximum atomic E-state index is 14.2. The van der Waals surface area contributed by atoms with Gasteiger partial charge in [0.25, 0.3) is 11.1 Å². The highest BCUT2D eigenvalue weighted by molar-refractivity contribution is 8.18. The molecule has 0 N–H and O–H groups in total.